The molecule has 92 valence electrons. The Bertz CT molecular complexity index is 417. The third-order valence-electron chi connectivity index (χ3n) is 3.88. The van der Waals surface area contributed by atoms with Gasteiger partial charge in [-0.05, 0) is 64.0 Å². The Hall–Kier alpha value is -1.15. The Balaban J connectivity index is 2.11. The first-order valence-electron chi connectivity index (χ1n) is 6.38. The average Bonchev–Trinajstić information content (AvgIpc) is 2.33. The largest absolute Gasteiger partial charge is 0.306 e. The van der Waals surface area contributed by atoms with Crippen molar-refractivity contribution in [3.05, 3.63) is 34.9 Å². The van der Waals surface area contributed by atoms with Gasteiger partial charge in [-0.3, -0.25) is 4.79 Å². The highest BCUT2D eigenvalue weighted by Gasteiger charge is 2.24. The Labute approximate surface area is 104 Å². The van der Waals surface area contributed by atoms with Crippen LogP contribution in [0.1, 0.15) is 34.3 Å². The molecular weight excluding hydrogens is 210 g/mol. The fraction of sp³-hybridized carbons (Fsp3) is 0.533. The molecule has 0 atom stereocenters. The third-order valence-corrected chi connectivity index (χ3v) is 3.88. The number of ketones is 1. The van der Waals surface area contributed by atoms with Crippen molar-refractivity contribution in [3.8, 4) is 0 Å². The number of aryl methyl sites for hydroxylation is 2. The first-order chi connectivity index (χ1) is 8.08. The van der Waals surface area contributed by atoms with Crippen molar-refractivity contribution in [3.63, 3.8) is 0 Å². The lowest BCUT2D eigenvalue weighted by atomic mass is 9.88. The molecule has 2 nitrogen and oxygen atoms in total. The number of hydrogen-bond donors (Lipinski definition) is 0. The fourth-order valence-corrected chi connectivity index (χ4v) is 2.40. The molecule has 1 aromatic carbocycles. The average molecular weight is 231 g/mol. The van der Waals surface area contributed by atoms with E-state index >= 15 is 0 Å². The van der Waals surface area contributed by atoms with Crippen molar-refractivity contribution < 1.29 is 4.79 Å². The summed E-state index contributed by atoms with van der Waals surface area (Å²) in [5, 5.41) is 0. The van der Waals surface area contributed by atoms with E-state index in [9.17, 15) is 4.79 Å². The van der Waals surface area contributed by atoms with E-state index in [-0.39, 0.29) is 5.92 Å². The SMILES string of the molecule is Cc1ccc(C(=O)C2CCN(C)CC2)cc1C. The molecule has 0 spiro atoms. The van der Waals surface area contributed by atoms with E-state index < -0.39 is 0 Å². The summed E-state index contributed by atoms with van der Waals surface area (Å²) in [6.07, 6.45) is 2.00. The predicted molar refractivity (Wildman–Crippen MR) is 70.5 cm³/mol. The lowest BCUT2D eigenvalue weighted by Crippen LogP contribution is -2.33. The summed E-state index contributed by atoms with van der Waals surface area (Å²) in [5.41, 5.74) is 3.36. The lowest BCUT2D eigenvalue weighted by Gasteiger charge is -2.28. The minimum Gasteiger partial charge on any atom is -0.306 e. The molecule has 1 aliphatic heterocycles. The first-order valence-corrected chi connectivity index (χ1v) is 6.38. The van der Waals surface area contributed by atoms with Gasteiger partial charge in [-0.15, -0.1) is 0 Å². The number of carbonyl (C=O) groups excluding carboxylic acids is 1. The van der Waals surface area contributed by atoms with Crippen LogP contribution >= 0.6 is 0 Å². The second-order valence-corrected chi connectivity index (χ2v) is 5.24. The number of carbonyl (C=O) groups is 1. The van der Waals surface area contributed by atoms with Crippen LogP contribution in [0.2, 0.25) is 0 Å². The molecule has 0 unspecified atom stereocenters. The number of likely N-dealkylation sites (tertiary alicyclic amines) is 1. The van der Waals surface area contributed by atoms with Gasteiger partial charge in [-0.25, -0.2) is 0 Å². The van der Waals surface area contributed by atoms with Crippen LogP contribution in [0.3, 0.4) is 0 Å². The summed E-state index contributed by atoms with van der Waals surface area (Å²) in [4.78, 5) is 14.6. The van der Waals surface area contributed by atoms with Crippen LogP contribution in [-0.2, 0) is 0 Å². The van der Waals surface area contributed by atoms with E-state index in [1.165, 1.54) is 11.1 Å². The Morgan fingerprint density at radius 2 is 1.82 bits per heavy atom. The lowest BCUT2D eigenvalue weighted by molar-refractivity contribution is 0.0856. The molecule has 0 saturated carbocycles. The van der Waals surface area contributed by atoms with Crippen molar-refractivity contribution in [2.75, 3.05) is 20.1 Å². The van der Waals surface area contributed by atoms with Crippen molar-refractivity contribution in [2.45, 2.75) is 26.7 Å². The number of piperidine rings is 1. The van der Waals surface area contributed by atoms with E-state index in [1.54, 1.807) is 0 Å². The van der Waals surface area contributed by atoms with Gasteiger partial charge in [-0.1, -0.05) is 12.1 Å². The number of hydrogen-bond acceptors (Lipinski definition) is 2. The molecule has 1 aliphatic rings. The van der Waals surface area contributed by atoms with Crippen molar-refractivity contribution >= 4 is 5.78 Å². The summed E-state index contributed by atoms with van der Waals surface area (Å²) >= 11 is 0. The Morgan fingerprint density at radius 1 is 1.18 bits per heavy atom. The number of benzene rings is 1. The minimum absolute atomic E-state index is 0.230. The Morgan fingerprint density at radius 3 is 2.41 bits per heavy atom. The Kier molecular flexibility index (Phi) is 3.63. The molecule has 2 heteroatoms. The van der Waals surface area contributed by atoms with E-state index in [2.05, 4.69) is 31.9 Å². The molecule has 1 saturated heterocycles. The summed E-state index contributed by atoms with van der Waals surface area (Å²) < 4.78 is 0. The molecule has 1 heterocycles. The maximum atomic E-state index is 12.4. The number of rotatable bonds is 2. The van der Waals surface area contributed by atoms with Crippen LogP contribution in [-0.4, -0.2) is 30.8 Å². The van der Waals surface area contributed by atoms with Gasteiger partial charge in [-0.2, -0.15) is 0 Å². The monoisotopic (exact) mass is 231 g/mol. The molecule has 0 radical (unpaired) electrons. The smallest absolute Gasteiger partial charge is 0.166 e. The first kappa shape index (κ1) is 12.3. The van der Waals surface area contributed by atoms with Crippen LogP contribution < -0.4 is 0 Å². The van der Waals surface area contributed by atoms with Gasteiger partial charge < -0.3 is 4.90 Å². The van der Waals surface area contributed by atoms with Gasteiger partial charge >= 0.3 is 0 Å². The zero-order valence-electron chi connectivity index (χ0n) is 11.0. The molecule has 0 bridgehead atoms. The van der Waals surface area contributed by atoms with Gasteiger partial charge in [0.05, 0.1) is 0 Å². The van der Waals surface area contributed by atoms with Crippen LogP contribution in [0.5, 0.6) is 0 Å². The van der Waals surface area contributed by atoms with Gasteiger partial charge in [0.25, 0.3) is 0 Å². The molecule has 2 rings (SSSR count). The van der Waals surface area contributed by atoms with Crippen molar-refractivity contribution in [2.24, 2.45) is 5.92 Å². The summed E-state index contributed by atoms with van der Waals surface area (Å²) in [6, 6.07) is 6.07. The molecular formula is C15H21NO. The number of nitrogens with zero attached hydrogens (tertiary/aromatic N) is 1. The molecule has 0 N–H and O–H groups in total. The highest BCUT2D eigenvalue weighted by atomic mass is 16.1. The second-order valence-electron chi connectivity index (χ2n) is 5.24. The molecule has 1 aromatic rings. The minimum atomic E-state index is 0.230. The van der Waals surface area contributed by atoms with Gasteiger partial charge in [0.2, 0.25) is 0 Å². The molecule has 0 aromatic heterocycles. The normalized spacial score (nSPS) is 18.3. The molecule has 0 aliphatic carbocycles. The predicted octanol–water partition coefficient (Wildman–Crippen LogP) is 2.83. The van der Waals surface area contributed by atoms with E-state index in [0.717, 1.165) is 31.5 Å². The van der Waals surface area contributed by atoms with E-state index in [1.807, 2.05) is 12.1 Å². The highest BCUT2D eigenvalue weighted by molar-refractivity contribution is 5.98. The van der Waals surface area contributed by atoms with E-state index in [4.69, 9.17) is 0 Å². The molecule has 17 heavy (non-hydrogen) atoms. The summed E-state index contributed by atoms with van der Waals surface area (Å²) in [6.45, 7) is 6.24. The van der Waals surface area contributed by atoms with Crippen LogP contribution in [0.4, 0.5) is 0 Å². The quantitative estimate of drug-likeness (QED) is 0.729. The maximum absolute atomic E-state index is 12.4. The van der Waals surface area contributed by atoms with Crippen molar-refractivity contribution in [1.29, 1.82) is 0 Å². The van der Waals surface area contributed by atoms with E-state index in [0.29, 0.717) is 5.78 Å². The van der Waals surface area contributed by atoms with Gasteiger partial charge in [0.15, 0.2) is 5.78 Å². The zero-order valence-corrected chi connectivity index (χ0v) is 11.0. The van der Waals surface area contributed by atoms with Crippen LogP contribution in [0, 0.1) is 19.8 Å². The van der Waals surface area contributed by atoms with Crippen LogP contribution in [0.25, 0.3) is 0 Å². The molecule has 1 fully saturated rings. The van der Waals surface area contributed by atoms with Crippen molar-refractivity contribution in [1.82, 2.24) is 4.90 Å². The fourth-order valence-electron chi connectivity index (χ4n) is 2.40. The topological polar surface area (TPSA) is 20.3 Å². The van der Waals surface area contributed by atoms with Crippen LogP contribution in [0.15, 0.2) is 18.2 Å². The molecule has 0 amide bonds. The zero-order chi connectivity index (χ0) is 12.4. The summed E-state index contributed by atoms with van der Waals surface area (Å²) in [5.74, 6) is 0.564. The maximum Gasteiger partial charge on any atom is 0.166 e. The highest BCUT2D eigenvalue weighted by Crippen LogP contribution is 2.22. The standard InChI is InChI=1S/C15H21NO/c1-11-4-5-14(10-12(11)2)15(17)13-6-8-16(3)9-7-13/h4-5,10,13H,6-9H2,1-3H3. The van der Waals surface area contributed by atoms with Gasteiger partial charge in [0, 0.05) is 11.5 Å². The third kappa shape index (κ3) is 2.75. The second kappa shape index (κ2) is 5.01. The van der Waals surface area contributed by atoms with Gasteiger partial charge in [0.1, 0.15) is 0 Å². The number of Topliss-reactive ketones (excluding diaryl/α,β-unsaturated/α-hetero) is 1. The summed E-state index contributed by atoms with van der Waals surface area (Å²) in [7, 11) is 2.12.